The van der Waals surface area contributed by atoms with E-state index in [0.717, 1.165) is 33.1 Å². The normalized spacial score (nSPS) is 13.6. The molecule has 0 spiro atoms. The number of urea groups is 1. The topological polar surface area (TPSA) is 146 Å². The van der Waals surface area contributed by atoms with Gasteiger partial charge in [0.2, 0.25) is 5.91 Å². The van der Waals surface area contributed by atoms with Gasteiger partial charge in [-0.05, 0) is 42.7 Å². The lowest BCUT2D eigenvalue weighted by Gasteiger charge is -2.31. The van der Waals surface area contributed by atoms with Gasteiger partial charge in [-0.15, -0.1) is 22.7 Å². The summed E-state index contributed by atoms with van der Waals surface area (Å²) in [6.07, 6.45) is 2.26. The molecule has 2 aromatic carbocycles. The van der Waals surface area contributed by atoms with Crippen molar-refractivity contribution in [2.24, 2.45) is 5.92 Å². The van der Waals surface area contributed by atoms with Crippen molar-refractivity contribution in [3.63, 3.8) is 0 Å². The van der Waals surface area contributed by atoms with Gasteiger partial charge in [0.25, 0.3) is 0 Å². The minimum Gasteiger partial charge on any atom is -0.444 e. The van der Waals surface area contributed by atoms with Crippen molar-refractivity contribution in [2.45, 2.75) is 103 Å². The Kier molecular flexibility index (Phi) is 16.7. The molecule has 0 bridgehead atoms. The van der Waals surface area contributed by atoms with E-state index in [-0.39, 0.29) is 30.9 Å². The first-order valence-corrected chi connectivity index (χ1v) is 20.1. The van der Waals surface area contributed by atoms with Crippen molar-refractivity contribution in [1.82, 2.24) is 30.8 Å². The number of alkyl carbamates (subject to hydrolysis) is 1. The van der Waals surface area contributed by atoms with Crippen molar-refractivity contribution < 1.29 is 24.2 Å². The van der Waals surface area contributed by atoms with Crippen LogP contribution >= 0.6 is 22.7 Å². The van der Waals surface area contributed by atoms with Gasteiger partial charge in [-0.25, -0.2) is 14.6 Å². The van der Waals surface area contributed by atoms with Gasteiger partial charge in [0, 0.05) is 43.0 Å². The van der Waals surface area contributed by atoms with Gasteiger partial charge in [-0.2, -0.15) is 0 Å². The average molecular weight is 763 g/mol. The van der Waals surface area contributed by atoms with Crippen LogP contribution in [0.4, 0.5) is 9.59 Å². The van der Waals surface area contributed by atoms with E-state index in [4.69, 9.17) is 9.72 Å². The highest BCUT2D eigenvalue weighted by Gasteiger charge is 2.31. The minimum atomic E-state index is -1.05. The maximum atomic E-state index is 14.0. The van der Waals surface area contributed by atoms with E-state index in [1.165, 1.54) is 11.3 Å². The monoisotopic (exact) mass is 762 g/mol. The second kappa shape index (κ2) is 21.4. The quantitative estimate of drug-likeness (QED) is 0.0782. The fourth-order valence-corrected chi connectivity index (χ4v) is 7.30. The largest absolute Gasteiger partial charge is 0.444 e. The Morgan fingerprint density at radius 2 is 1.57 bits per heavy atom. The molecular weight excluding hydrogens is 709 g/mol. The molecule has 0 fully saturated rings. The summed E-state index contributed by atoms with van der Waals surface area (Å²) in [5, 5.41) is 23.9. The first-order chi connectivity index (χ1) is 25.5. The second-order valence-corrected chi connectivity index (χ2v) is 15.8. The zero-order valence-electron chi connectivity index (χ0n) is 31.4. The molecule has 1 unspecified atom stereocenters. The van der Waals surface area contributed by atoms with Crippen LogP contribution in [0.2, 0.25) is 0 Å². The predicted octanol–water partition coefficient (Wildman–Crippen LogP) is 6.73. The third kappa shape index (κ3) is 13.9. The van der Waals surface area contributed by atoms with Crippen molar-refractivity contribution >= 4 is 40.7 Å². The summed E-state index contributed by atoms with van der Waals surface area (Å²) in [7, 11) is 0. The maximum Gasteiger partial charge on any atom is 0.407 e. The zero-order valence-corrected chi connectivity index (χ0v) is 33.0. The van der Waals surface area contributed by atoms with Crippen molar-refractivity contribution in [2.75, 3.05) is 13.1 Å². The number of ether oxygens (including phenoxy) is 1. The van der Waals surface area contributed by atoms with Gasteiger partial charge in [-0.1, -0.05) is 95.3 Å². The third-order valence-corrected chi connectivity index (χ3v) is 10.7. The molecule has 13 heteroatoms. The Hall–Kier alpha value is -4.33. The van der Waals surface area contributed by atoms with E-state index in [2.05, 4.69) is 40.2 Å². The summed E-state index contributed by atoms with van der Waals surface area (Å²) < 4.78 is 5.45. The summed E-state index contributed by atoms with van der Waals surface area (Å²) in [4.78, 5) is 51.9. The first kappa shape index (κ1) is 41.4. The number of benzene rings is 2. The van der Waals surface area contributed by atoms with Crippen LogP contribution in [0.3, 0.4) is 0 Å². The first-order valence-electron chi connectivity index (χ1n) is 18.4. The highest BCUT2D eigenvalue weighted by Crippen LogP contribution is 2.20. The summed E-state index contributed by atoms with van der Waals surface area (Å²) in [6.45, 7) is 11.1. The highest BCUT2D eigenvalue weighted by molar-refractivity contribution is 7.09. The lowest BCUT2D eigenvalue weighted by Crippen LogP contribution is -2.56. The minimum absolute atomic E-state index is 0.0687. The Morgan fingerprint density at radius 1 is 0.887 bits per heavy atom. The summed E-state index contributed by atoms with van der Waals surface area (Å²) >= 11 is 3.02. The summed E-state index contributed by atoms with van der Waals surface area (Å²) in [5.41, 5.74) is 4.53. The number of hydrogen-bond acceptors (Lipinski definition) is 9. The lowest BCUT2D eigenvalue weighted by atomic mass is 9.93. The van der Waals surface area contributed by atoms with Gasteiger partial charge in [0.1, 0.15) is 12.6 Å². The standard InChI is InChI=1S/C40H54N6O5S2/c1-6-18-46(19-17-31-25-52-38(43-31)28(4)5)39(49)45-36(27(2)3)37(48)42-32(20-29-13-9-7-10-14-29)22-35(47)34(21-30-15-11-8-12-16-30)44-40(50)51-24-33-23-41-26-53-33/h7-16,23,25-28,32,34-36,47H,6,17-22,24H2,1-5H3,(H,42,48)(H,44,50)(H,45,49)/t32-,34-,35-,36?/m0/s1. The fraction of sp³-hybridized carbons (Fsp3) is 0.475. The molecule has 4 rings (SSSR count). The molecule has 4 amide bonds. The molecule has 0 aliphatic heterocycles. The van der Waals surface area contributed by atoms with Crippen molar-refractivity contribution in [3.05, 3.63) is 104 Å². The van der Waals surface area contributed by atoms with Gasteiger partial charge in [-0.3, -0.25) is 9.78 Å². The average Bonchev–Trinajstić information content (AvgIpc) is 3.85. The molecule has 0 saturated heterocycles. The van der Waals surface area contributed by atoms with Crippen molar-refractivity contribution in [1.29, 1.82) is 0 Å². The van der Waals surface area contributed by atoms with Crippen LogP contribution in [-0.2, 0) is 35.4 Å². The number of rotatable bonds is 20. The molecule has 286 valence electrons. The van der Waals surface area contributed by atoms with E-state index in [1.54, 1.807) is 27.9 Å². The Labute approximate surface area is 321 Å². The number of aliphatic hydroxyl groups is 1. The Bertz CT molecular complexity index is 1670. The molecule has 2 heterocycles. The van der Waals surface area contributed by atoms with Crippen molar-refractivity contribution in [3.8, 4) is 0 Å². The molecule has 0 aliphatic rings. The van der Waals surface area contributed by atoms with Crippen LogP contribution < -0.4 is 16.0 Å². The molecule has 53 heavy (non-hydrogen) atoms. The summed E-state index contributed by atoms with van der Waals surface area (Å²) in [6, 6.07) is 17.0. The van der Waals surface area contributed by atoms with Crippen LogP contribution in [0.25, 0.3) is 0 Å². The van der Waals surface area contributed by atoms with Gasteiger partial charge in [0.05, 0.1) is 33.2 Å². The Morgan fingerprint density at radius 3 is 2.15 bits per heavy atom. The number of thiazole rings is 2. The van der Waals surface area contributed by atoms with E-state index < -0.39 is 30.3 Å². The van der Waals surface area contributed by atoms with Crippen LogP contribution in [-0.4, -0.2) is 75.3 Å². The van der Waals surface area contributed by atoms with E-state index in [1.807, 2.05) is 81.4 Å². The number of aromatic nitrogens is 2. The number of carbonyl (C=O) groups is 3. The number of nitrogens with one attached hydrogen (secondary N) is 3. The molecule has 0 aliphatic carbocycles. The van der Waals surface area contributed by atoms with Crippen LogP contribution in [0, 0.1) is 5.92 Å². The van der Waals surface area contributed by atoms with E-state index >= 15 is 0 Å². The molecule has 11 nitrogen and oxygen atoms in total. The summed E-state index contributed by atoms with van der Waals surface area (Å²) in [5.74, 6) is -0.198. The van der Waals surface area contributed by atoms with Crippen LogP contribution in [0.5, 0.6) is 0 Å². The van der Waals surface area contributed by atoms with Gasteiger partial charge in [0.15, 0.2) is 0 Å². The van der Waals surface area contributed by atoms with Crippen LogP contribution in [0.15, 0.2) is 77.8 Å². The molecule has 0 saturated carbocycles. The Balaban J connectivity index is 1.47. The van der Waals surface area contributed by atoms with E-state index in [0.29, 0.717) is 38.3 Å². The third-order valence-electron chi connectivity index (χ3n) is 8.80. The number of amides is 4. The number of aliphatic hydroxyl groups excluding tert-OH is 1. The zero-order chi connectivity index (χ0) is 38.2. The SMILES string of the molecule is CCCN(CCc1csc(C(C)C)n1)C(=O)NC(C(=O)N[C@@H](Cc1ccccc1)C[C@H](O)[C@H](Cc1ccccc1)NC(=O)OCc1cncs1)C(C)C. The van der Waals surface area contributed by atoms with Gasteiger partial charge < -0.3 is 30.7 Å². The molecule has 4 N–H and O–H groups in total. The van der Waals surface area contributed by atoms with Crippen LogP contribution in [0.1, 0.15) is 80.1 Å². The van der Waals surface area contributed by atoms with E-state index in [9.17, 15) is 19.5 Å². The predicted molar refractivity (Wildman–Crippen MR) is 211 cm³/mol. The number of nitrogens with zero attached hydrogens (tertiary/aromatic N) is 3. The smallest absolute Gasteiger partial charge is 0.407 e. The molecule has 0 radical (unpaired) electrons. The maximum absolute atomic E-state index is 14.0. The molecule has 4 aromatic rings. The fourth-order valence-electron chi connectivity index (χ4n) is 5.93. The number of carbonyl (C=O) groups excluding carboxylic acids is 3. The number of hydrogen-bond donors (Lipinski definition) is 4. The second-order valence-electron chi connectivity index (χ2n) is 13.9. The highest BCUT2D eigenvalue weighted by atomic mass is 32.1. The lowest BCUT2D eigenvalue weighted by molar-refractivity contribution is -0.124. The molecular formula is C40H54N6O5S2. The van der Waals surface area contributed by atoms with Gasteiger partial charge >= 0.3 is 12.1 Å². The molecule has 4 atom stereocenters. The molecule has 2 aromatic heterocycles.